The van der Waals surface area contributed by atoms with Crippen LogP contribution in [0.3, 0.4) is 0 Å². The number of methoxy groups -OCH3 is 2. The number of carbonyl (C=O) groups is 1. The Morgan fingerprint density at radius 1 is 1.05 bits per heavy atom. The molecule has 0 saturated heterocycles. The van der Waals surface area contributed by atoms with Crippen LogP contribution in [0.5, 0.6) is 11.5 Å². The molecule has 4 nitrogen and oxygen atoms in total. The number of nitrogens with two attached hydrogens (primary N) is 1. The predicted octanol–water partition coefficient (Wildman–Crippen LogP) is 2.79. The second-order valence-corrected chi connectivity index (χ2v) is 4.66. The maximum Gasteiger partial charge on any atom is 0.150 e. The van der Waals surface area contributed by atoms with Crippen molar-refractivity contribution in [3.8, 4) is 11.5 Å². The van der Waals surface area contributed by atoms with Crippen molar-refractivity contribution in [2.24, 2.45) is 5.73 Å². The molecule has 1 saturated carbocycles. The van der Waals surface area contributed by atoms with Gasteiger partial charge >= 0.3 is 0 Å². The first kappa shape index (κ1) is 15.5. The van der Waals surface area contributed by atoms with Crippen LogP contribution in [0.15, 0.2) is 18.2 Å². The van der Waals surface area contributed by atoms with Gasteiger partial charge in [0.2, 0.25) is 0 Å². The summed E-state index contributed by atoms with van der Waals surface area (Å²) in [5, 5.41) is 0. The molecular weight excluding hydrogens is 242 g/mol. The van der Waals surface area contributed by atoms with Gasteiger partial charge in [0, 0.05) is 17.7 Å². The van der Waals surface area contributed by atoms with Gasteiger partial charge in [0.05, 0.1) is 14.2 Å². The van der Waals surface area contributed by atoms with Crippen LogP contribution in [0.4, 0.5) is 0 Å². The van der Waals surface area contributed by atoms with Crippen LogP contribution < -0.4 is 15.2 Å². The van der Waals surface area contributed by atoms with E-state index in [0.717, 1.165) is 6.29 Å². The largest absolute Gasteiger partial charge is 0.497 e. The molecule has 2 rings (SSSR count). The predicted molar refractivity (Wildman–Crippen MR) is 76.0 cm³/mol. The van der Waals surface area contributed by atoms with Crippen LogP contribution in [0.1, 0.15) is 42.5 Å². The van der Waals surface area contributed by atoms with Gasteiger partial charge in [-0.1, -0.05) is 19.3 Å². The SMILES string of the molecule is COc1cc(C=O)cc(OC)c1.NC1CCCCC1. The zero-order chi connectivity index (χ0) is 14.1. The van der Waals surface area contributed by atoms with E-state index in [4.69, 9.17) is 15.2 Å². The van der Waals surface area contributed by atoms with Crippen molar-refractivity contribution in [2.45, 2.75) is 38.1 Å². The minimum atomic E-state index is 0.536. The number of rotatable bonds is 3. The first-order valence-corrected chi connectivity index (χ1v) is 6.63. The lowest BCUT2D eigenvalue weighted by Crippen LogP contribution is -2.22. The molecule has 0 aliphatic heterocycles. The minimum Gasteiger partial charge on any atom is -0.497 e. The zero-order valence-electron chi connectivity index (χ0n) is 11.7. The second-order valence-electron chi connectivity index (χ2n) is 4.66. The van der Waals surface area contributed by atoms with Crippen LogP contribution in [-0.4, -0.2) is 26.5 Å². The number of ether oxygens (including phenoxy) is 2. The molecular formula is C15H23NO3. The van der Waals surface area contributed by atoms with Crippen LogP contribution in [0.25, 0.3) is 0 Å². The molecule has 0 aromatic heterocycles. The zero-order valence-corrected chi connectivity index (χ0v) is 11.7. The number of carbonyl (C=O) groups excluding carboxylic acids is 1. The molecule has 2 N–H and O–H groups in total. The van der Waals surface area contributed by atoms with Crippen molar-refractivity contribution in [1.29, 1.82) is 0 Å². The van der Waals surface area contributed by atoms with E-state index < -0.39 is 0 Å². The van der Waals surface area contributed by atoms with Gasteiger partial charge in [0.1, 0.15) is 17.8 Å². The van der Waals surface area contributed by atoms with Gasteiger partial charge in [-0.15, -0.1) is 0 Å². The number of aldehydes is 1. The molecule has 1 aromatic carbocycles. The summed E-state index contributed by atoms with van der Waals surface area (Å²) >= 11 is 0. The summed E-state index contributed by atoms with van der Waals surface area (Å²) in [6.45, 7) is 0. The third-order valence-corrected chi connectivity index (χ3v) is 3.16. The average molecular weight is 265 g/mol. The Balaban J connectivity index is 0.000000218. The highest BCUT2D eigenvalue weighted by molar-refractivity contribution is 5.76. The monoisotopic (exact) mass is 265 g/mol. The van der Waals surface area contributed by atoms with Crippen molar-refractivity contribution in [2.75, 3.05) is 14.2 Å². The molecule has 1 aliphatic rings. The fourth-order valence-corrected chi connectivity index (χ4v) is 2.03. The van der Waals surface area contributed by atoms with Crippen molar-refractivity contribution >= 4 is 6.29 Å². The van der Waals surface area contributed by atoms with Crippen LogP contribution in [-0.2, 0) is 0 Å². The standard InChI is InChI=1S/C9H10O3.C6H13N/c1-11-8-3-7(6-10)4-9(5-8)12-2;7-6-4-2-1-3-5-6/h3-6H,1-2H3;6H,1-5,7H2. The molecule has 0 atom stereocenters. The van der Waals surface area contributed by atoms with Crippen LogP contribution in [0, 0.1) is 0 Å². The summed E-state index contributed by atoms with van der Waals surface area (Å²) < 4.78 is 9.92. The first-order valence-electron chi connectivity index (χ1n) is 6.63. The van der Waals surface area contributed by atoms with E-state index in [1.807, 2.05) is 0 Å². The summed E-state index contributed by atoms with van der Waals surface area (Å²) in [5.41, 5.74) is 6.18. The molecule has 0 heterocycles. The van der Waals surface area contributed by atoms with Gasteiger partial charge in [-0.05, 0) is 25.0 Å². The highest BCUT2D eigenvalue weighted by Crippen LogP contribution is 2.21. The Bertz CT molecular complexity index is 365. The van der Waals surface area contributed by atoms with Gasteiger partial charge in [0.15, 0.2) is 0 Å². The fraction of sp³-hybridized carbons (Fsp3) is 0.533. The summed E-state index contributed by atoms with van der Waals surface area (Å²) in [5.74, 6) is 1.24. The van der Waals surface area contributed by atoms with Crippen molar-refractivity contribution in [1.82, 2.24) is 0 Å². The highest BCUT2D eigenvalue weighted by atomic mass is 16.5. The molecule has 1 fully saturated rings. The molecule has 1 aliphatic carbocycles. The third kappa shape index (κ3) is 5.75. The molecule has 0 bridgehead atoms. The van der Waals surface area contributed by atoms with E-state index >= 15 is 0 Å². The Labute approximate surface area is 114 Å². The van der Waals surface area contributed by atoms with Gasteiger partial charge in [0.25, 0.3) is 0 Å². The molecule has 1 aromatic rings. The molecule has 4 heteroatoms. The lowest BCUT2D eigenvalue weighted by Gasteiger charge is -2.15. The summed E-state index contributed by atoms with van der Waals surface area (Å²) in [4.78, 5) is 10.4. The Morgan fingerprint density at radius 3 is 1.89 bits per heavy atom. The smallest absolute Gasteiger partial charge is 0.150 e. The van der Waals surface area contributed by atoms with Gasteiger partial charge in [-0.3, -0.25) is 4.79 Å². The maximum absolute atomic E-state index is 10.4. The van der Waals surface area contributed by atoms with Crippen LogP contribution in [0.2, 0.25) is 0 Å². The van der Waals surface area contributed by atoms with Crippen LogP contribution >= 0.6 is 0 Å². The van der Waals surface area contributed by atoms with Gasteiger partial charge in [-0.2, -0.15) is 0 Å². The van der Waals surface area contributed by atoms with Crippen molar-refractivity contribution in [3.05, 3.63) is 23.8 Å². The molecule has 0 unspecified atom stereocenters. The maximum atomic E-state index is 10.4. The molecule has 19 heavy (non-hydrogen) atoms. The van der Waals surface area contributed by atoms with E-state index in [2.05, 4.69) is 0 Å². The molecule has 0 amide bonds. The van der Waals surface area contributed by atoms with Gasteiger partial charge in [-0.25, -0.2) is 0 Å². The first-order chi connectivity index (χ1) is 9.19. The molecule has 0 spiro atoms. The Morgan fingerprint density at radius 2 is 1.58 bits per heavy atom. The van der Waals surface area contributed by atoms with E-state index in [0.29, 0.717) is 23.1 Å². The van der Waals surface area contributed by atoms with E-state index in [1.54, 1.807) is 32.4 Å². The van der Waals surface area contributed by atoms with E-state index in [9.17, 15) is 4.79 Å². The number of benzene rings is 1. The lowest BCUT2D eigenvalue weighted by atomic mass is 9.97. The summed E-state index contributed by atoms with van der Waals surface area (Å²) in [7, 11) is 3.09. The number of hydrogen-bond acceptors (Lipinski definition) is 4. The normalized spacial score (nSPS) is 15.1. The molecule has 0 radical (unpaired) electrons. The van der Waals surface area contributed by atoms with Gasteiger partial charge < -0.3 is 15.2 Å². The topological polar surface area (TPSA) is 61.5 Å². The fourth-order valence-electron chi connectivity index (χ4n) is 2.03. The van der Waals surface area contributed by atoms with E-state index in [1.165, 1.54) is 32.1 Å². The van der Waals surface area contributed by atoms with Crippen molar-refractivity contribution in [3.63, 3.8) is 0 Å². The lowest BCUT2D eigenvalue weighted by molar-refractivity contribution is 0.112. The average Bonchev–Trinajstić information content (AvgIpc) is 2.48. The molecule has 106 valence electrons. The minimum absolute atomic E-state index is 0.536. The summed E-state index contributed by atoms with van der Waals surface area (Å²) in [6.07, 6.45) is 7.42. The Kier molecular flexibility index (Phi) is 6.97. The third-order valence-electron chi connectivity index (χ3n) is 3.16. The number of hydrogen-bond donors (Lipinski definition) is 1. The summed E-state index contributed by atoms with van der Waals surface area (Å²) in [6, 6.07) is 5.55. The highest BCUT2D eigenvalue weighted by Gasteiger charge is 2.06. The van der Waals surface area contributed by atoms with E-state index in [-0.39, 0.29) is 0 Å². The Hall–Kier alpha value is -1.55. The quantitative estimate of drug-likeness (QED) is 0.854. The second kappa shape index (κ2) is 8.53. The van der Waals surface area contributed by atoms with Crippen molar-refractivity contribution < 1.29 is 14.3 Å².